The summed E-state index contributed by atoms with van der Waals surface area (Å²) in [6, 6.07) is 4.91. The lowest BCUT2D eigenvalue weighted by Gasteiger charge is -1.97. The van der Waals surface area contributed by atoms with E-state index in [2.05, 4.69) is 10.2 Å². The molecule has 3 aromatic rings. The number of benzene rings is 1. The van der Waals surface area contributed by atoms with Gasteiger partial charge in [0.2, 0.25) is 0 Å². The second kappa shape index (κ2) is 3.69. The van der Waals surface area contributed by atoms with E-state index in [9.17, 15) is 9.59 Å². The standard InChI is InChI=1S/C12H9N3O3/c1-15-9-3-2-7(4-10(9)18-12(15)17)11(16)8-5-13-14-6-8/h2-6H,1H3,(H,13,14). The van der Waals surface area contributed by atoms with E-state index < -0.39 is 5.76 Å². The van der Waals surface area contributed by atoms with Crippen LogP contribution >= 0.6 is 0 Å². The normalized spacial score (nSPS) is 10.9. The van der Waals surface area contributed by atoms with Gasteiger partial charge in [-0.1, -0.05) is 0 Å². The van der Waals surface area contributed by atoms with Gasteiger partial charge in [0.25, 0.3) is 0 Å². The summed E-state index contributed by atoms with van der Waals surface area (Å²) >= 11 is 0. The molecule has 0 fully saturated rings. The molecule has 2 aromatic heterocycles. The molecule has 0 unspecified atom stereocenters. The molecule has 0 saturated heterocycles. The first kappa shape index (κ1) is 10.5. The largest absolute Gasteiger partial charge is 0.419 e. The molecule has 0 saturated carbocycles. The minimum absolute atomic E-state index is 0.169. The quantitative estimate of drug-likeness (QED) is 0.683. The van der Waals surface area contributed by atoms with Crippen molar-refractivity contribution in [2.75, 3.05) is 0 Å². The highest BCUT2D eigenvalue weighted by Crippen LogP contribution is 2.16. The highest BCUT2D eigenvalue weighted by molar-refractivity contribution is 6.09. The molecular weight excluding hydrogens is 234 g/mol. The number of nitrogens with one attached hydrogen (secondary N) is 1. The van der Waals surface area contributed by atoms with Gasteiger partial charge in [0, 0.05) is 18.8 Å². The number of aryl methyl sites for hydroxylation is 1. The zero-order chi connectivity index (χ0) is 12.7. The number of aromatic amines is 1. The van der Waals surface area contributed by atoms with Crippen LogP contribution in [-0.2, 0) is 7.05 Å². The summed E-state index contributed by atoms with van der Waals surface area (Å²) < 4.78 is 6.43. The van der Waals surface area contributed by atoms with Crippen molar-refractivity contribution in [1.82, 2.24) is 14.8 Å². The second-order valence-corrected chi connectivity index (χ2v) is 3.93. The van der Waals surface area contributed by atoms with E-state index >= 15 is 0 Å². The number of nitrogens with zero attached hydrogens (tertiary/aromatic N) is 2. The van der Waals surface area contributed by atoms with E-state index in [1.165, 1.54) is 17.0 Å². The lowest BCUT2D eigenvalue weighted by Crippen LogP contribution is -2.08. The molecule has 3 rings (SSSR count). The predicted octanol–water partition coefficient (Wildman–Crippen LogP) is 1.09. The summed E-state index contributed by atoms with van der Waals surface area (Å²) in [5, 5.41) is 6.31. The van der Waals surface area contributed by atoms with Gasteiger partial charge in [0.15, 0.2) is 11.4 Å². The first-order valence-corrected chi connectivity index (χ1v) is 5.30. The minimum Gasteiger partial charge on any atom is -0.408 e. The number of ketones is 1. The van der Waals surface area contributed by atoms with Crippen LogP contribution in [0.3, 0.4) is 0 Å². The first-order valence-electron chi connectivity index (χ1n) is 5.30. The molecule has 1 N–H and O–H groups in total. The Morgan fingerprint density at radius 1 is 1.39 bits per heavy atom. The number of aromatic nitrogens is 3. The van der Waals surface area contributed by atoms with Gasteiger partial charge in [0.1, 0.15) is 0 Å². The van der Waals surface area contributed by atoms with Gasteiger partial charge >= 0.3 is 5.76 Å². The van der Waals surface area contributed by atoms with E-state index in [1.54, 1.807) is 25.2 Å². The molecule has 0 bridgehead atoms. The van der Waals surface area contributed by atoms with Crippen LogP contribution < -0.4 is 5.76 Å². The molecule has 0 aliphatic heterocycles. The molecule has 0 aliphatic carbocycles. The van der Waals surface area contributed by atoms with Crippen LogP contribution in [0.15, 0.2) is 39.8 Å². The maximum Gasteiger partial charge on any atom is 0.419 e. The molecule has 0 aliphatic rings. The van der Waals surface area contributed by atoms with Gasteiger partial charge < -0.3 is 4.42 Å². The Labute approximate surface area is 101 Å². The molecule has 18 heavy (non-hydrogen) atoms. The lowest BCUT2D eigenvalue weighted by atomic mass is 10.1. The first-order chi connectivity index (χ1) is 8.66. The number of hydrogen-bond acceptors (Lipinski definition) is 4. The van der Waals surface area contributed by atoms with Crippen LogP contribution in [-0.4, -0.2) is 20.5 Å². The number of rotatable bonds is 2. The number of carbonyl (C=O) groups excluding carboxylic acids is 1. The van der Waals surface area contributed by atoms with Crippen molar-refractivity contribution >= 4 is 16.9 Å². The summed E-state index contributed by atoms with van der Waals surface area (Å²) in [6.45, 7) is 0. The van der Waals surface area contributed by atoms with Gasteiger partial charge in [-0.3, -0.25) is 14.5 Å². The molecule has 1 aromatic carbocycles. The monoisotopic (exact) mass is 243 g/mol. The average Bonchev–Trinajstić information content (AvgIpc) is 2.98. The van der Waals surface area contributed by atoms with Gasteiger partial charge in [-0.15, -0.1) is 0 Å². The third-order valence-corrected chi connectivity index (χ3v) is 2.81. The fourth-order valence-electron chi connectivity index (χ4n) is 1.82. The zero-order valence-electron chi connectivity index (χ0n) is 9.51. The minimum atomic E-state index is -0.446. The lowest BCUT2D eigenvalue weighted by molar-refractivity contribution is 0.103. The third-order valence-electron chi connectivity index (χ3n) is 2.81. The molecule has 0 spiro atoms. The Morgan fingerprint density at radius 3 is 2.94 bits per heavy atom. The number of fused-ring (bicyclic) bond motifs is 1. The van der Waals surface area contributed by atoms with Crippen LogP contribution in [0.5, 0.6) is 0 Å². The number of carbonyl (C=O) groups is 1. The molecule has 6 nitrogen and oxygen atoms in total. The summed E-state index contributed by atoms with van der Waals surface area (Å²) in [4.78, 5) is 23.4. The molecule has 90 valence electrons. The Bertz CT molecular complexity index is 781. The molecule has 0 amide bonds. The summed E-state index contributed by atoms with van der Waals surface area (Å²) in [5.41, 5.74) is 1.98. The van der Waals surface area contributed by atoms with Crippen LogP contribution in [0.1, 0.15) is 15.9 Å². The maximum absolute atomic E-state index is 12.1. The van der Waals surface area contributed by atoms with Crippen molar-refractivity contribution in [2.45, 2.75) is 0 Å². The van der Waals surface area contributed by atoms with Crippen molar-refractivity contribution < 1.29 is 9.21 Å². The predicted molar refractivity (Wildman–Crippen MR) is 63.5 cm³/mol. The highest BCUT2D eigenvalue weighted by atomic mass is 16.4. The molecule has 6 heteroatoms. The zero-order valence-corrected chi connectivity index (χ0v) is 9.51. The SMILES string of the molecule is Cn1c(=O)oc2cc(C(=O)c3cn[nH]c3)ccc21. The Hall–Kier alpha value is -2.63. The fraction of sp³-hybridized carbons (Fsp3) is 0.0833. The van der Waals surface area contributed by atoms with Gasteiger partial charge in [0.05, 0.1) is 17.3 Å². The molecule has 0 radical (unpaired) electrons. The van der Waals surface area contributed by atoms with Crippen LogP contribution in [0.4, 0.5) is 0 Å². The third kappa shape index (κ3) is 1.46. The van der Waals surface area contributed by atoms with Gasteiger partial charge in [-0.25, -0.2) is 4.79 Å². The van der Waals surface area contributed by atoms with Crippen molar-refractivity contribution in [3.63, 3.8) is 0 Å². The van der Waals surface area contributed by atoms with Crippen LogP contribution in [0.25, 0.3) is 11.1 Å². The van der Waals surface area contributed by atoms with E-state index in [1.807, 2.05) is 0 Å². The van der Waals surface area contributed by atoms with E-state index in [0.717, 1.165) is 0 Å². The molecule has 2 heterocycles. The van der Waals surface area contributed by atoms with E-state index in [4.69, 9.17) is 4.42 Å². The summed E-state index contributed by atoms with van der Waals surface area (Å²) in [5.74, 6) is -0.616. The highest BCUT2D eigenvalue weighted by Gasteiger charge is 2.13. The topological polar surface area (TPSA) is 80.9 Å². The van der Waals surface area contributed by atoms with Crippen molar-refractivity contribution in [2.24, 2.45) is 7.05 Å². The maximum atomic E-state index is 12.1. The molecular formula is C12H9N3O3. The van der Waals surface area contributed by atoms with Crippen molar-refractivity contribution in [1.29, 1.82) is 0 Å². The summed E-state index contributed by atoms with van der Waals surface area (Å²) in [6.07, 6.45) is 2.97. The van der Waals surface area contributed by atoms with Crippen LogP contribution in [0, 0.1) is 0 Å². The average molecular weight is 243 g/mol. The number of H-pyrrole nitrogens is 1. The molecule has 0 atom stereocenters. The van der Waals surface area contributed by atoms with E-state index in [0.29, 0.717) is 22.2 Å². The van der Waals surface area contributed by atoms with Crippen LogP contribution in [0.2, 0.25) is 0 Å². The Kier molecular flexibility index (Phi) is 2.16. The smallest absolute Gasteiger partial charge is 0.408 e. The van der Waals surface area contributed by atoms with Crippen molar-refractivity contribution in [3.8, 4) is 0 Å². The fourth-order valence-corrected chi connectivity index (χ4v) is 1.82. The van der Waals surface area contributed by atoms with Gasteiger partial charge in [-0.2, -0.15) is 5.10 Å². The Morgan fingerprint density at radius 2 is 2.22 bits per heavy atom. The summed E-state index contributed by atoms with van der Waals surface area (Å²) in [7, 11) is 1.62. The van der Waals surface area contributed by atoms with Crippen molar-refractivity contribution in [3.05, 3.63) is 52.3 Å². The van der Waals surface area contributed by atoms with Gasteiger partial charge in [-0.05, 0) is 18.2 Å². The number of oxazole rings is 1. The second-order valence-electron chi connectivity index (χ2n) is 3.93. The number of hydrogen-bond donors (Lipinski definition) is 1. The Balaban J connectivity index is 2.14. The van der Waals surface area contributed by atoms with E-state index in [-0.39, 0.29) is 5.78 Å².